The molecule has 2 heterocycles. The Morgan fingerprint density at radius 2 is 2.00 bits per heavy atom. The smallest absolute Gasteiger partial charge is 0.243 e. The molecule has 0 spiro atoms. The monoisotopic (exact) mass is 360 g/mol. The van der Waals surface area contributed by atoms with Gasteiger partial charge >= 0.3 is 0 Å². The standard InChI is InChI=1S/C17H17FN4O2S/c18-16-9-13(11-19)3-4-14(16)12-21-17-10-15(5-6-20-17)25(23,24)22-7-1-2-8-22/h3-6,9-10H,1-2,7-8,12H2,(H,20,21). The van der Waals surface area contributed by atoms with Crippen LogP contribution in [0.25, 0.3) is 0 Å². The van der Waals surface area contributed by atoms with Gasteiger partial charge in [-0.2, -0.15) is 9.57 Å². The highest BCUT2D eigenvalue weighted by atomic mass is 32.2. The highest BCUT2D eigenvalue weighted by Gasteiger charge is 2.27. The van der Waals surface area contributed by atoms with Crippen molar-refractivity contribution in [1.82, 2.24) is 9.29 Å². The van der Waals surface area contributed by atoms with Crippen LogP contribution < -0.4 is 5.32 Å². The Balaban J connectivity index is 1.75. The maximum Gasteiger partial charge on any atom is 0.243 e. The van der Waals surface area contributed by atoms with Crippen LogP contribution in [0.2, 0.25) is 0 Å². The Morgan fingerprint density at radius 1 is 1.24 bits per heavy atom. The van der Waals surface area contributed by atoms with Gasteiger partial charge in [-0.1, -0.05) is 6.07 Å². The first kappa shape index (κ1) is 17.3. The zero-order chi connectivity index (χ0) is 17.9. The van der Waals surface area contributed by atoms with Crippen LogP contribution in [-0.4, -0.2) is 30.8 Å². The van der Waals surface area contributed by atoms with Crippen molar-refractivity contribution in [3.05, 3.63) is 53.5 Å². The molecular weight excluding hydrogens is 343 g/mol. The minimum absolute atomic E-state index is 0.137. The Morgan fingerprint density at radius 3 is 2.68 bits per heavy atom. The number of sulfonamides is 1. The second-order valence-electron chi connectivity index (χ2n) is 5.76. The summed E-state index contributed by atoms with van der Waals surface area (Å²) in [6.45, 7) is 1.20. The van der Waals surface area contributed by atoms with Gasteiger partial charge in [0.05, 0.1) is 16.5 Å². The van der Waals surface area contributed by atoms with Gasteiger partial charge in [-0.05, 0) is 31.0 Å². The van der Waals surface area contributed by atoms with Crippen molar-refractivity contribution in [2.24, 2.45) is 0 Å². The van der Waals surface area contributed by atoms with E-state index in [1.807, 2.05) is 6.07 Å². The van der Waals surface area contributed by atoms with E-state index in [0.717, 1.165) is 12.8 Å². The van der Waals surface area contributed by atoms with E-state index in [9.17, 15) is 12.8 Å². The summed E-state index contributed by atoms with van der Waals surface area (Å²) in [7, 11) is -3.52. The Bertz CT molecular complexity index is 918. The molecule has 25 heavy (non-hydrogen) atoms. The summed E-state index contributed by atoms with van der Waals surface area (Å²) in [4.78, 5) is 4.26. The summed E-state index contributed by atoms with van der Waals surface area (Å²) < 4.78 is 40.5. The number of anilines is 1. The van der Waals surface area contributed by atoms with Crippen molar-refractivity contribution in [3.63, 3.8) is 0 Å². The summed E-state index contributed by atoms with van der Waals surface area (Å²) in [6.07, 6.45) is 3.15. The van der Waals surface area contributed by atoms with E-state index in [0.29, 0.717) is 24.5 Å². The third kappa shape index (κ3) is 3.78. The molecule has 130 valence electrons. The van der Waals surface area contributed by atoms with Crippen molar-refractivity contribution >= 4 is 15.8 Å². The number of nitrogens with zero attached hydrogens (tertiary/aromatic N) is 3. The molecular formula is C17H17FN4O2S. The van der Waals surface area contributed by atoms with Crippen molar-refractivity contribution in [2.45, 2.75) is 24.3 Å². The number of hydrogen-bond acceptors (Lipinski definition) is 5. The zero-order valence-electron chi connectivity index (χ0n) is 13.4. The van der Waals surface area contributed by atoms with Crippen LogP contribution in [0.1, 0.15) is 24.0 Å². The molecule has 3 rings (SSSR count). The highest BCUT2D eigenvalue weighted by Crippen LogP contribution is 2.22. The number of hydrogen-bond donors (Lipinski definition) is 1. The predicted molar refractivity (Wildman–Crippen MR) is 90.7 cm³/mol. The number of aromatic nitrogens is 1. The third-order valence-electron chi connectivity index (χ3n) is 4.08. The Kier molecular flexibility index (Phi) is 4.97. The van der Waals surface area contributed by atoms with E-state index < -0.39 is 15.8 Å². The number of benzene rings is 1. The van der Waals surface area contributed by atoms with Crippen molar-refractivity contribution in [3.8, 4) is 6.07 Å². The second kappa shape index (κ2) is 7.17. The molecule has 1 saturated heterocycles. The SMILES string of the molecule is N#Cc1ccc(CNc2cc(S(=O)(=O)N3CCCC3)ccn2)c(F)c1. The molecule has 0 aliphatic carbocycles. The van der Waals surface area contributed by atoms with E-state index >= 15 is 0 Å². The van der Waals surface area contributed by atoms with Gasteiger partial charge in [0.2, 0.25) is 10.0 Å². The van der Waals surface area contributed by atoms with Crippen LogP contribution in [0, 0.1) is 17.1 Å². The first-order valence-corrected chi connectivity index (χ1v) is 9.33. The van der Waals surface area contributed by atoms with E-state index in [1.165, 1.54) is 40.8 Å². The molecule has 0 bridgehead atoms. The third-order valence-corrected chi connectivity index (χ3v) is 5.97. The molecule has 0 atom stereocenters. The number of rotatable bonds is 5. The van der Waals surface area contributed by atoms with Gasteiger partial charge in [-0.25, -0.2) is 17.8 Å². The lowest BCUT2D eigenvalue weighted by atomic mass is 10.1. The average molecular weight is 360 g/mol. The Hall–Kier alpha value is -2.50. The van der Waals surface area contributed by atoms with Crippen LogP contribution in [-0.2, 0) is 16.6 Å². The van der Waals surface area contributed by atoms with Gasteiger partial charge in [-0.3, -0.25) is 0 Å². The second-order valence-corrected chi connectivity index (χ2v) is 7.70. The number of nitriles is 1. The number of pyridine rings is 1. The molecule has 0 radical (unpaired) electrons. The van der Waals surface area contributed by atoms with Crippen LogP contribution in [0.15, 0.2) is 41.4 Å². The largest absolute Gasteiger partial charge is 0.366 e. The van der Waals surface area contributed by atoms with Crippen LogP contribution >= 0.6 is 0 Å². The van der Waals surface area contributed by atoms with E-state index in [-0.39, 0.29) is 17.0 Å². The highest BCUT2D eigenvalue weighted by molar-refractivity contribution is 7.89. The lowest BCUT2D eigenvalue weighted by molar-refractivity contribution is 0.477. The molecule has 1 aromatic heterocycles. The summed E-state index contributed by atoms with van der Waals surface area (Å²) in [5.41, 5.74) is 0.617. The van der Waals surface area contributed by atoms with Gasteiger partial charge < -0.3 is 5.32 Å². The molecule has 8 heteroatoms. The number of halogens is 1. The molecule has 1 fully saturated rings. The van der Waals surface area contributed by atoms with E-state index in [4.69, 9.17) is 5.26 Å². The topological polar surface area (TPSA) is 86.1 Å². The van der Waals surface area contributed by atoms with Crippen LogP contribution in [0.4, 0.5) is 10.2 Å². The summed E-state index contributed by atoms with van der Waals surface area (Å²) >= 11 is 0. The fourth-order valence-corrected chi connectivity index (χ4v) is 4.22. The van der Waals surface area contributed by atoms with Crippen molar-refractivity contribution in [2.75, 3.05) is 18.4 Å². The molecule has 1 N–H and O–H groups in total. The molecule has 1 aliphatic heterocycles. The summed E-state index contributed by atoms with van der Waals surface area (Å²) in [5.74, 6) is -0.142. The molecule has 1 aromatic carbocycles. The van der Waals surface area contributed by atoms with Gasteiger partial charge in [0.25, 0.3) is 0 Å². The molecule has 0 saturated carbocycles. The van der Waals surface area contributed by atoms with E-state index in [1.54, 1.807) is 0 Å². The zero-order valence-corrected chi connectivity index (χ0v) is 14.3. The van der Waals surface area contributed by atoms with Crippen LogP contribution in [0.5, 0.6) is 0 Å². The predicted octanol–water partition coefficient (Wildman–Crippen LogP) is 2.49. The Labute approximate surface area is 146 Å². The van der Waals surface area contributed by atoms with Crippen molar-refractivity contribution < 1.29 is 12.8 Å². The molecule has 6 nitrogen and oxygen atoms in total. The van der Waals surface area contributed by atoms with Gasteiger partial charge in [0, 0.05) is 37.5 Å². The van der Waals surface area contributed by atoms with Gasteiger partial charge in [0.1, 0.15) is 11.6 Å². The fourth-order valence-electron chi connectivity index (χ4n) is 2.69. The summed E-state index contributed by atoms with van der Waals surface area (Å²) in [6, 6.07) is 9.00. The van der Waals surface area contributed by atoms with Crippen LogP contribution in [0.3, 0.4) is 0 Å². The lowest BCUT2D eigenvalue weighted by Gasteiger charge is -2.16. The molecule has 1 aliphatic rings. The fraction of sp³-hybridized carbons (Fsp3) is 0.294. The quantitative estimate of drug-likeness (QED) is 0.885. The lowest BCUT2D eigenvalue weighted by Crippen LogP contribution is -2.27. The summed E-state index contributed by atoms with van der Waals surface area (Å²) in [5, 5.41) is 11.7. The first-order chi connectivity index (χ1) is 12.0. The maximum atomic E-state index is 13.9. The maximum absolute atomic E-state index is 13.9. The normalized spacial score (nSPS) is 15.0. The van der Waals surface area contributed by atoms with Gasteiger partial charge in [0.15, 0.2) is 0 Å². The molecule has 2 aromatic rings. The van der Waals surface area contributed by atoms with E-state index in [2.05, 4.69) is 10.3 Å². The molecule has 0 unspecified atom stereocenters. The molecule has 0 amide bonds. The minimum atomic E-state index is -3.52. The van der Waals surface area contributed by atoms with Gasteiger partial charge in [-0.15, -0.1) is 0 Å². The number of nitrogens with one attached hydrogen (secondary N) is 1. The first-order valence-electron chi connectivity index (χ1n) is 7.89. The average Bonchev–Trinajstić information content (AvgIpc) is 3.16. The van der Waals surface area contributed by atoms with Crippen molar-refractivity contribution in [1.29, 1.82) is 5.26 Å². The minimum Gasteiger partial charge on any atom is -0.366 e.